The van der Waals surface area contributed by atoms with Gasteiger partial charge in [-0.15, -0.1) is 0 Å². The molecule has 0 radical (unpaired) electrons. The van der Waals surface area contributed by atoms with Crippen LogP contribution in [0.1, 0.15) is 6.92 Å². The number of carbonyl (C=O) groups excluding carboxylic acids is 1. The van der Waals surface area contributed by atoms with Gasteiger partial charge >= 0.3 is 0 Å². The van der Waals surface area contributed by atoms with E-state index in [0.717, 1.165) is 0 Å². The van der Waals surface area contributed by atoms with Crippen molar-refractivity contribution in [2.24, 2.45) is 0 Å². The minimum Gasteiger partial charge on any atom is -0.546 e. The van der Waals surface area contributed by atoms with Crippen LogP contribution >= 0.6 is 0 Å². The number of carboxylic acid groups (broad SMARTS) is 1. The number of carboxylic acids is 1. The summed E-state index contributed by atoms with van der Waals surface area (Å²) in [6, 6.07) is 11.4. The Labute approximate surface area is 148 Å². The van der Waals surface area contributed by atoms with Crippen LogP contribution in [0.4, 0.5) is 0 Å². The summed E-state index contributed by atoms with van der Waals surface area (Å²) < 4.78 is 21.6. The molecule has 3 rings (SSSR count). The van der Waals surface area contributed by atoms with Gasteiger partial charge in [0.2, 0.25) is 11.2 Å². The Morgan fingerprint density at radius 1 is 1.08 bits per heavy atom. The Kier molecular flexibility index (Phi) is 5.07. The van der Waals surface area contributed by atoms with Crippen molar-refractivity contribution in [3.05, 3.63) is 59.0 Å². The van der Waals surface area contributed by atoms with Gasteiger partial charge in [0.1, 0.15) is 24.2 Å². The summed E-state index contributed by atoms with van der Waals surface area (Å²) in [5.41, 5.74) is -0.125. The highest BCUT2D eigenvalue weighted by atomic mass is 16.5. The first-order valence-electron chi connectivity index (χ1n) is 7.86. The number of ether oxygens (including phenoxy) is 3. The fraction of sp³-hybridized carbons (Fsp3) is 0.158. The molecule has 0 N–H and O–H groups in total. The minimum atomic E-state index is -1.34. The van der Waals surface area contributed by atoms with Crippen LogP contribution in [-0.4, -0.2) is 19.2 Å². The Balaban J connectivity index is 1.91. The zero-order valence-electron chi connectivity index (χ0n) is 13.9. The summed E-state index contributed by atoms with van der Waals surface area (Å²) in [4.78, 5) is 23.1. The van der Waals surface area contributed by atoms with Crippen molar-refractivity contribution >= 4 is 16.9 Å². The quantitative estimate of drug-likeness (QED) is 0.640. The van der Waals surface area contributed by atoms with Crippen molar-refractivity contribution < 1.29 is 28.5 Å². The molecule has 0 amide bonds. The van der Waals surface area contributed by atoms with E-state index in [-0.39, 0.29) is 27.9 Å². The van der Waals surface area contributed by atoms with Crippen LogP contribution in [0, 0.1) is 0 Å². The minimum absolute atomic E-state index is 0.00746. The molecular weight excluding hydrogens is 340 g/mol. The lowest BCUT2D eigenvalue weighted by Gasteiger charge is -2.11. The highest BCUT2D eigenvalue weighted by Crippen LogP contribution is 2.31. The monoisotopic (exact) mass is 355 g/mol. The number of aliphatic carboxylic acids is 1. The number of fused-ring (bicyclic) bond motifs is 1. The average Bonchev–Trinajstić information content (AvgIpc) is 2.64. The molecule has 0 aliphatic heterocycles. The first kappa shape index (κ1) is 17.3. The smallest absolute Gasteiger partial charge is 0.235 e. The number of carbonyl (C=O) groups is 1. The number of benzene rings is 2. The molecule has 0 bridgehead atoms. The van der Waals surface area contributed by atoms with Crippen LogP contribution in [-0.2, 0) is 4.79 Å². The highest BCUT2D eigenvalue weighted by Gasteiger charge is 2.12. The lowest BCUT2D eigenvalue weighted by Crippen LogP contribution is -2.28. The predicted octanol–water partition coefficient (Wildman–Crippen LogP) is 2.11. The number of para-hydroxylation sites is 2. The fourth-order valence-electron chi connectivity index (χ4n) is 2.32. The molecule has 134 valence electrons. The maximum Gasteiger partial charge on any atom is 0.235 e. The summed E-state index contributed by atoms with van der Waals surface area (Å²) >= 11 is 0. The second kappa shape index (κ2) is 7.60. The average molecular weight is 355 g/mol. The van der Waals surface area contributed by atoms with Crippen molar-refractivity contribution in [2.75, 3.05) is 13.2 Å². The van der Waals surface area contributed by atoms with Crippen molar-refractivity contribution in [3.8, 4) is 23.0 Å². The standard InChI is InChI=1S/C19H16O7/c1-2-23-14-5-3-4-6-15(14)26-17-10-25-16-9-12(24-11-18(20)21)7-8-13(16)19(17)22/h3-10H,2,11H2,1H3,(H,20,21)/p-1. The second-order valence-corrected chi connectivity index (χ2v) is 5.23. The maximum atomic E-state index is 12.6. The van der Waals surface area contributed by atoms with E-state index < -0.39 is 12.6 Å². The van der Waals surface area contributed by atoms with Crippen LogP contribution in [0.3, 0.4) is 0 Å². The van der Waals surface area contributed by atoms with E-state index in [4.69, 9.17) is 18.6 Å². The summed E-state index contributed by atoms with van der Waals surface area (Å²) in [5, 5.41) is 10.7. The second-order valence-electron chi connectivity index (χ2n) is 5.23. The van der Waals surface area contributed by atoms with Crippen LogP contribution in [0.25, 0.3) is 11.0 Å². The van der Waals surface area contributed by atoms with Gasteiger partial charge < -0.3 is 28.5 Å². The zero-order valence-corrected chi connectivity index (χ0v) is 13.9. The molecule has 0 fully saturated rings. The molecule has 3 aromatic rings. The van der Waals surface area contributed by atoms with E-state index in [9.17, 15) is 14.7 Å². The molecule has 0 spiro atoms. The van der Waals surface area contributed by atoms with Crippen LogP contribution in [0.5, 0.6) is 23.0 Å². The molecule has 1 aromatic heterocycles. The molecule has 0 unspecified atom stereocenters. The van der Waals surface area contributed by atoms with Gasteiger partial charge in [-0.05, 0) is 31.2 Å². The third-order valence-corrected chi connectivity index (χ3v) is 3.44. The third-order valence-electron chi connectivity index (χ3n) is 3.44. The lowest BCUT2D eigenvalue weighted by atomic mass is 10.2. The van der Waals surface area contributed by atoms with Gasteiger partial charge in [0.05, 0.1) is 18.0 Å². The molecule has 26 heavy (non-hydrogen) atoms. The normalized spacial score (nSPS) is 10.5. The molecule has 2 aromatic carbocycles. The van der Waals surface area contributed by atoms with Crippen molar-refractivity contribution in [3.63, 3.8) is 0 Å². The summed E-state index contributed by atoms with van der Waals surface area (Å²) in [6.07, 6.45) is 1.19. The molecule has 7 nitrogen and oxygen atoms in total. The van der Waals surface area contributed by atoms with E-state index >= 15 is 0 Å². The first-order valence-corrected chi connectivity index (χ1v) is 7.86. The van der Waals surface area contributed by atoms with E-state index in [1.54, 1.807) is 24.3 Å². The van der Waals surface area contributed by atoms with Gasteiger partial charge in [-0.3, -0.25) is 4.79 Å². The molecule has 0 saturated heterocycles. The molecule has 0 saturated carbocycles. The summed E-state index contributed by atoms with van der Waals surface area (Å²) in [6.45, 7) is 1.72. The van der Waals surface area contributed by atoms with Crippen molar-refractivity contribution in [1.29, 1.82) is 0 Å². The number of hydrogen-bond acceptors (Lipinski definition) is 7. The van der Waals surface area contributed by atoms with E-state index in [0.29, 0.717) is 18.1 Å². The first-order chi connectivity index (χ1) is 12.6. The van der Waals surface area contributed by atoms with Crippen molar-refractivity contribution in [2.45, 2.75) is 6.92 Å². The van der Waals surface area contributed by atoms with Crippen LogP contribution < -0.4 is 24.7 Å². The Morgan fingerprint density at radius 2 is 1.85 bits per heavy atom. The third kappa shape index (κ3) is 3.77. The van der Waals surface area contributed by atoms with Gasteiger partial charge in [0.15, 0.2) is 11.5 Å². The summed E-state index contributed by atoms with van der Waals surface area (Å²) in [7, 11) is 0. The maximum absolute atomic E-state index is 12.6. The predicted molar refractivity (Wildman–Crippen MR) is 90.7 cm³/mol. The van der Waals surface area contributed by atoms with Crippen LogP contribution in [0.15, 0.2) is 57.9 Å². The zero-order chi connectivity index (χ0) is 18.5. The number of hydrogen-bond donors (Lipinski definition) is 0. The molecular formula is C19H15O7-. The van der Waals surface area contributed by atoms with Gasteiger partial charge in [0.25, 0.3) is 0 Å². The Bertz CT molecular complexity index is 991. The highest BCUT2D eigenvalue weighted by molar-refractivity contribution is 5.79. The Morgan fingerprint density at radius 3 is 2.58 bits per heavy atom. The van der Waals surface area contributed by atoms with Crippen LogP contribution in [0.2, 0.25) is 0 Å². The van der Waals surface area contributed by atoms with E-state index in [2.05, 4.69) is 0 Å². The SMILES string of the molecule is CCOc1ccccc1Oc1coc2cc(OCC(=O)[O-])ccc2c1=O. The molecule has 0 atom stereocenters. The summed E-state index contributed by atoms with van der Waals surface area (Å²) in [5.74, 6) is -0.174. The topological polar surface area (TPSA) is 98.0 Å². The van der Waals surface area contributed by atoms with E-state index in [1.807, 2.05) is 6.92 Å². The van der Waals surface area contributed by atoms with Crippen molar-refractivity contribution in [1.82, 2.24) is 0 Å². The largest absolute Gasteiger partial charge is 0.546 e. The molecule has 0 aliphatic rings. The van der Waals surface area contributed by atoms with Gasteiger partial charge in [-0.2, -0.15) is 0 Å². The van der Waals surface area contributed by atoms with E-state index in [1.165, 1.54) is 24.5 Å². The molecule has 0 aliphatic carbocycles. The number of rotatable bonds is 7. The molecule has 1 heterocycles. The van der Waals surface area contributed by atoms with Gasteiger partial charge in [-0.1, -0.05) is 12.1 Å². The van der Waals surface area contributed by atoms with Gasteiger partial charge in [-0.25, -0.2) is 0 Å². The lowest BCUT2D eigenvalue weighted by molar-refractivity contribution is -0.307. The fourth-order valence-corrected chi connectivity index (χ4v) is 2.32. The molecule has 7 heteroatoms. The van der Waals surface area contributed by atoms with Gasteiger partial charge in [0, 0.05) is 6.07 Å². The Hall–Kier alpha value is -3.48.